The van der Waals surface area contributed by atoms with E-state index in [-0.39, 0.29) is 6.61 Å². The molecule has 0 fully saturated rings. The summed E-state index contributed by atoms with van der Waals surface area (Å²) in [7, 11) is 0. The molecule has 0 amide bonds. The second-order valence-electron chi connectivity index (χ2n) is 5.75. The Balaban J connectivity index is 2.42. The quantitative estimate of drug-likeness (QED) is 0.534. The smallest absolute Gasteiger partial charge is 0.340 e. The Bertz CT molecular complexity index is 937. The number of aryl methyl sites for hydroxylation is 2. The van der Waals surface area contributed by atoms with Crippen molar-refractivity contribution in [2.75, 3.05) is 6.61 Å². The Morgan fingerprint density at radius 2 is 2.00 bits per heavy atom. The average molecular weight is 321 g/mol. The molecule has 0 radical (unpaired) electrons. The van der Waals surface area contributed by atoms with E-state index >= 15 is 0 Å². The van der Waals surface area contributed by atoms with Gasteiger partial charge in [0, 0.05) is 11.8 Å². The van der Waals surface area contributed by atoms with Gasteiger partial charge in [-0.2, -0.15) is 0 Å². The Morgan fingerprint density at radius 3 is 2.67 bits per heavy atom. The number of hydrogen-bond donors (Lipinski definition) is 0. The number of esters is 1. The molecular weight excluding hydrogens is 302 g/mol. The Morgan fingerprint density at radius 1 is 1.21 bits per heavy atom. The number of pyridine rings is 1. The monoisotopic (exact) mass is 321 g/mol. The molecule has 2 heterocycles. The van der Waals surface area contributed by atoms with Gasteiger partial charge in [0.1, 0.15) is 0 Å². The first-order valence-electron chi connectivity index (χ1n) is 7.91. The summed E-state index contributed by atoms with van der Waals surface area (Å²) in [5.74, 6) is -0.413. The number of carbonyl (C=O) groups is 2. The summed E-state index contributed by atoms with van der Waals surface area (Å²) in [5, 5.41) is 0. The topological polar surface area (TPSA) is 47.8 Å². The lowest BCUT2D eigenvalue weighted by molar-refractivity contribution is 0.0529. The number of nitrogens with zero attached hydrogens (tertiary/aromatic N) is 1. The third kappa shape index (κ3) is 2.50. The molecule has 1 aromatic carbocycles. The number of carbonyl (C=O) groups excluding carboxylic acids is 2. The van der Waals surface area contributed by atoms with Gasteiger partial charge in [-0.3, -0.25) is 4.79 Å². The van der Waals surface area contributed by atoms with Gasteiger partial charge in [-0.05, 0) is 44.0 Å². The number of aromatic nitrogens is 1. The van der Waals surface area contributed by atoms with Crippen LogP contribution in [0.15, 0.2) is 42.6 Å². The molecule has 0 bridgehead atoms. The highest BCUT2D eigenvalue weighted by atomic mass is 16.5. The summed E-state index contributed by atoms with van der Waals surface area (Å²) in [5.41, 5.74) is 5.21. The second kappa shape index (κ2) is 6.32. The molecule has 2 aromatic heterocycles. The number of benzene rings is 1. The summed E-state index contributed by atoms with van der Waals surface area (Å²) >= 11 is 0. The zero-order valence-electron chi connectivity index (χ0n) is 14.0. The summed E-state index contributed by atoms with van der Waals surface area (Å²) < 4.78 is 7.00. The number of ether oxygens (including phenoxy) is 1. The molecule has 0 saturated heterocycles. The van der Waals surface area contributed by atoms with Gasteiger partial charge in [0.15, 0.2) is 6.29 Å². The minimum atomic E-state index is -0.413. The van der Waals surface area contributed by atoms with Crippen molar-refractivity contribution in [2.24, 2.45) is 0 Å². The van der Waals surface area contributed by atoms with E-state index in [1.54, 1.807) is 17.5 Å². The molecule has 3 rings (SSSR count). The SMILES string of the molecule is CCOC(=O)c1c(-c2ccc(C)cc2C)c(C=O)n2ccccc12. The molecule has 0 aliphatic heterocycles. The Labute approximate surface area is 140 Å². The van der Waals surface area contributed by atoms with Crippen LogP contribution in [0.3, 0.4) is 0 Å². The van der Waals surface area contributed by atoms with Gasteiger partial charge < -0.3 is 9.14 Å². The molecule has 0 saturated carbocycles. The van der Waals surface area contributed by atoms with E-state index < -0.39 is 5.97 Å². The van der Waals surface area contributed by atoms with Gasteiger partial charge in [0.05, 0.1) is 23.4 Å². The van der Waals surface area contributed by atoms with Crippen LogP contribution in [0.4, 0.5) is 0 Å². The lowest BCUT2D eigenvalue weighted by Gasteiger charge is -2.09. The molecule has 4 nitrogen and oxygen atoms in total. The van der Waals surface area contributed by atoms with Crippen molar-refractivity contribution in [3.8, 4) is 11.1 Å². The van der Waals surface area contributed by atoms with E-state index in [0.29, 0.717) is 22.3 Å². The van der Waals surface area contributed by atoms with Crippen LogP contribution < -0.4 is 0 Å². The molecule has 0 aliphatic carbocycles. The van der Waals surface area contributed by atoms with Gasteiger partial charge in [0.2, 0.25) is 0 Å². The normalized spacial score (nSPS) is 10.8. The van der Waals surface area contributed by atoms with Crippen molar-refractivity contribution in [1.82, 2.24) is 4.40 Å². The van der Waals surface area contributed by atoms with E-state index in [4.69, 9.17) is 4.74 Å². The molecule has 24 heavy (non-hydrogen) atoms. The van der Waals surface area contributed by atoms with E-state index in [0.717, 1.165) is 23.0 Å². The fraction of sp³-hybridized carbons (Fsp3) is 0.200. The maximum atomic E-state index is 12.6. The molecule has 0 unspecified atom stereocenters. The van der Waals surface area contributed by atoms with Gasteiger partial charge in [0.25, 0.3) is 0 Å². The minimum Gasteiger partial charge on any atom is -0.462 e. The van der Waals surface area contributed by atoms with Crippen LogP contribution in [0, 0.1) is 13.8 Å². The molecule has 0 aliphatic rings. The summed E-state index contributed by atoms with van der Waals surface area (Å²) in [6.45, 7) is 6.05. The number of hydrogen-bond acceptors (Lipinski definition) is 3. The van der Waals surface area contributed by atoms with E-state index in [9.17, 15) is 9.59 Å². The Kier molecular flexibility index (Phi) is 4.21. The van der Waals surface area contributed by atoms with Crippen molar-refractivity contribution >= 4 is 17.8 Å². The summed E-state index contributed by atoms with van der Waals surface area (Å²) in [6.07, 6.45) is 2.58. The van der Waals surface area contributed by atoms with Crippen LogP contribution in [0.5, 0.6) is 0 Å². The first kappa shape index (κ1) is 16.0. The van der Waals surface area contributed by atoms with Crippen LogP contribution >= 0.6 is 0 Å². The molecule has 0 N–H and O–H groups in total. The maximum absolute atomic E-state index is 12.6. The molecule has 3 aromatic rings. The van der Waals surface area contributed by atoms with Gasteiger partial charge in [-0.25, -0.2) is 4.79 Å². The molecular formula is C20H19NO3. The van der Waals surface area contributed by atoms with E-state index in [2.05, 4.69) is 0 Å². The second-order valence-corrected chi connectivity index (χ2v) is 5.75. The van der Waals surface area contributed by atoms with Crippen molar-refractivity contribution in [3.63, 3.8) is 0 Å². The Hall–Kier alpha value is -2.88. The van der Waals surface area contributed by atoms with Crippen molar-refractivity contribution in [2.45, 2.75) is 20.8 Å². The van der Waals surface area contributed by atoms with Crippen LogP contribution in [0.25, 0.3) is 16.6 Å². The van der Waals surface area contributed by atoms with Crippen LogP contribution in [0.2, 0.25) is 0 Å². The number of aldehydes is 1. The first-order valence-corrected chi connectivity index (χ1v) is 7.91. The number of rotatable bonds is 4. The predicted molar refractivity (Wildman–Crippen MR) is 93.7 cm³/mol. The van der Waals surface area contributed by atoms with Crippen LogP contribution in [0.1, 0.15) is 38.9 Å². The molecule has 4 heteroatoms. The van der Waals surface area contributed by atoms with E-state index in [1.807, 2.05) is 50.2 Å². The van der Waals surface area contributed by atoms with Crippen molar-refractivity contribution < 1.29 is 14.3 Å². The predicted octanol–water partition coefficient (Wildman–Crippen LogP) is 4.21. The highest BCUT2D eigenvalue weighted by molar-refractivity contribution is 6.09. The van der Waals surface area contributed by atoms with E-state index in [1.165, 1.54) is 0 Å². The molecule has 122 valence electrons. The lowest BCUT2D eigenvalue weighted by atomic mass is 9.95. The van der Waals surface area contributed by atoms with Gasteiger partial charge >= 0.3 is 5.97 Å². The number of fused-ring (bicyclic) bond motifs is 1. The van der Waals surface area contributed by atoms with Gasteiger partial charge in [-0.15, -0.1) is 0 Å². The first-order chi connectivity index (χ1) is 11.6. The maximum Gasteiger partial charge on any atom is 0.340 e. The van der Waals surface area contributed by atoms with Crippen molar-refractivity contribution in [3.05, 3.63) is 65.0 Å². The van der Waals surface area contributed by atoms with Crippen LogP contribution in [-0.4, -0.2) is 23.3 Å². The van der Waals surface area contributed by atoms with Crippen LogP contribution in [-0.2, 0) is 4.74 Å². The standard InChI is InChI=1S/C20H19NO3/c1-4-24-20(23)19-16-7-5-6-10-21(16)17(12-22)18(19)15-9-8-13(2)11-14(15)3/h5-12H,4H2,1-3H3. The fourth-order valence-corrected chi connectivity index (χ4v) is 3.13. The fourth-order valence-electron chi connectivity index (χ4n) is 3.13. The summed E-state index contributed by atoms with van der Waals surface area (Å²) in [6, 6.07) is 11.5. The third-order valence-corrected chi connectivity index (χ3v) is 4.12. The summed E-state index contributed by atoms with van der Waals surface area (Å²) in [4.78, 5) is 24.4. The zero-order chi connectivity index (χ0) is 17.3. The minimum absolute atomic E-state index is 0.283. The molecule has 0 spiro atoms. The third-order valence-electron chi connectivity index (χ3n) is 4.12. The lowest BCUT2D eigenvalue weighted by Crippen LogP contribution is -2.06. The van der Waals surface area contributed by atoms with Crippen molar-refractivity contribution in [1.29, 1.82) is 0 Å². The van der Waals surface area contributed by atoms with Gasteiger partial charge in [-0.1, -0.05) is 29.8 Å². The molecule has 0 atom stereocenters. The highest BCUT2D eigenvalue weighted by Gasteiger charge is 2.25. The largest absolute Gasteiger partial charge is 0.462 e. The zero-order valence-corrected chi connectivity index (χ0v) is 14.0. The average Bonchev–Trinajstić information content (AvgIpc) is 2.89. The highest BCUT2D eigenvalue weighted by Crippen LogP contribution is 2.35.